The molecule has 0 saturated carbocycles. The predicted molar refractivity (Wildman–Crippen MR) is 118 cm³/mol. The van der Waals surface area contributed by atoms with E-state index in [-0.39, 0.29) is 18.0 Å². The lowest BCUT2D eigenvalue weighted by Gasteiger charge is -2.17. The standard InChI is InChI=1S/C26H36O2/c1-5-7-8-9-11-22-12-14-24(15-13-22)25-18-16-23(17-19-25)21(4)28-26(27)20(3)10-6-2/h12-21H,5-11H2,1-4H3. The summed E-state index contributed by atoms with van der Waals surface area (Å²) in [6, 6.07) is 17.3. The first-order valence-electron chi connectivity index (χ1n) is 10.9. The van der Waals surface area contributed by atoms with Crippen LogP contribution in [0.3, 0.4) is 0 Å². The third-order valence-corrected chi connectivity index (χ3v) is 5.40. The SMILES string of the molecule is CCCCCCc1ccc(-c2ccc(C(C)OC(=O)C(C)CCC)cc2)cc1. The van der Waals surface area contributed by atoms with Crippen molar-refractivity contribution in [3.05, 3.63) is 59.7 Å². The maximum Gasteiger partial charge on any atom is 0.309 e. The van der Waals surface area contributed by atoms with E-state index in [1.54, 1.807) is 0 Å². The van der Waals surface area contributed by atoms with Gasteiger partial charge in [-0.1, -0.05) is 95.0 Å². The molecule has 0 N–H and O–H groups in total. The van der Waals surface area contributed by atoms with E-state index in [0.29, 0.717) is 0 Å². The number of rotatable bonds is 11. The lowest BCUT2D eigenvalue weighted by atomic mass is 9.99. The Bertz CT molecular complexity index is 700. The first kappa shape index (κ1) is 22.2. The summed E-state index contributed by atoms with van der Waals surface area (Å²) in [4.78, 5) is 12.1. The van der Waals surface area contributed by atoms with E-state index >= 15 is 0 Å². The second kappa shape index (κ2) is 11.7. The summed E-state index contributed by atoms with van der Waals surface area (Å²) < 4.78 is 5.63. The second-order valence-electron chi connectivity index (χ2n) is 7.90. The Labute approximate surface area is 171 Å². The molecule has 0 spiro atoms. The van der Waals surface area contributed by atoms with Crippen LogP contribution < -0.4 is 0 Å². The van der Waals surface area contributed by atoms with Crippen LogP contribution in [0.25, 0.3) is 11.1 Å². The fourth-order valence-corrected chi connectivity index (χ4v) is 3.48. The summed E-state index contributed by atoms with van der Waals surface area (Å²) in [5.41, 5.74) is 4.87. The molecule has 28 heavy (non-hydrogen) atoms. The lowest BCUT2D eigenvalue weighted by molar-refractivity contribution is -0.153. The zero-order valence-electron chi connectivity index (χ0n) is 18.0. The van der Waals surface area contributed by atoms with Gasteiger partial charge in [-0.15, -0.1) is 0 Å². The van der Waals surface area contributed by atoms with Crippen molar-refractivity contribution >= 4 is 5.97 Å². The van der Waals surface area contributed by atoms with E-state index in [2.05, 4.69) is 62.4 Å². The summed E-state index contributed by atoms with van der Waals surface area (Å²) >= 11 is 0. The van der Waals surface area contributed by atoms with E-state index in [4.69, 9.17) is 4.74 Å². The molecule has 2 heteroatoms. The maximum atomic E-state index is 12.1. The van der Waals surface area contributed by atoms with Gasteiger partial charge in [-0.2, -0.15) is 0 Å². The highest BCUT2D eigenvalue weighted by molar-refractivity contribution is 5.72. The minimum absolute atomic E-state index is 0.0350. The van der Waals surface area contributed by atoms with Crippen molar-refractivity contribution in [3.63, 3.8) is 0 Å². The van der Waals surface area contributed by atoms with Crippen molar-refractivity contribution in [2.24, 2.45) is 5.92 Å². The van der Waals surface area contributed by atoms with E-state index < -0.39 is 0 Å². The van der Waals surface area contributed by atoms with E-state index in [1.165, 1.54) is 48.8 Å². The minimum Gasteiger partial charge on any atom is -0.458 e. The molecule has 152 valence electrons. The molecule has 2 nitrogen and oxygen atoms in total. The molecule has 2 unspecified atom stereocenters. The van der Waals surface area contributed by atoms with Crippen molar-refractivity contribution in [1.29, 1.82) is 0 Å². The molecule has 0 saturated heterocycles. The van der Waals surface area contributed by atoms with Crippen molar-refractivity contribution in [3.8, 4) is 11.1 Å². The van der Waals surface area contributed by atoms with E-state index in [9.17, 15) is 4.79 Å². The van der Waals surface area contributed by atoms with Gasteiger partial charge in [0.1, 0.15) is 6.10 Å². The van der Waals surface area contributed by atoms with Crippen LogP contribution in [0, 0.1) is 5.92 Å². The van der Waals surface area contributed by atoms with Crippen molar-refractivity contribution in [2.45, 2.75) is 78.7 Å². The molecule has 0 heterocycles. The second-order valence-corrected chi connectivity index (χ2v) is 7.90. The number of aryl methyl sites for hydroxylation is 1. The molecule has 2 atom stereocenters. The fourth-order valence-electron chi connectivity index (χ4n) is 3.48. The predicted octanol–water partition coefficient (Wildman–Crippen LogP) is 7.52. The molecular weight excluding hydrogens is 344 g/mol. The lowest BCUT2D eigenvalue weighted by Crippen LogP contribution is -2.16. The Balaban J connectivity index is 1.93. The highest BCUT2D eigenvalue weighted by Gasteiger charge is 2.17. The van der Waals surface area contributed by atoms with Crippen LogP contribution in [0.1, 0.15) is 83.5 Å². The highest BCUT2D eigenvalue weighted by atomic mass is 16.5. The number of esters is 1. The monoisotopic (exact) mass is 380 g/mol. The fraction of sp³-hybridized carbons (Fsp3) is 0.500. The average molecular weight is 381 g/mol. The molecule has 0 aliphatic rings. The van der Waals surface area contributed by atoms with Crippen LogP contribution in [0.15, 0.2) is 48.5 Å². The molecule has 0 aromatic heterocycles. The summed E-state index contributed by atoms with van der Waals surface area (Å²) in [7, 11) is 0. The number of ether oxygens (including phenoxy) is 1. The van der Waals surface area contributed by atoms with Crippen LogP contribution in [-0.2, 0) is 16.0 Å². The Morgan fingerprint density at radius 1 is 0.821 bits per heavy atom. The molecular formula is C26H36O2. The van der Waals surface area contributed by atoms with Crippen LogP contribution in [-0.4, -0.2) is 5.97 Å². The Morgan fingerprint density at radius 2 is 1.43 bits per heavy atom. The highest BCUT2D eigenvalue weighted by Crippen LogP contribution is 2.25. The zero-order chi connectivity index (χ0) is 20.4. The quantitative estimate of drug-likeness (QED) is 0.298. The van der Waals surface area contributed by atoms with Gasteiger partial charge in [0.2, 0.25) is 0 Å². The van der Waals surface area contributed by atoms with Gasteiger partial charge in [-0.3, -0.25) is 4.79 Å². The normalized spacial score (nSPS) is 13.1. The summed E-state index contributed by atoms with van der Waals surface area (Å²) in [6.07, 6.45) is 8.02. The number of carbonyl (C=O) groups is 1. The van der Waals surface area contributed by atoms with E-state index in [1.807, 2.05) is 13.8 Å². The number of carbonyl (C=O) groups excluding carboxylic acids is 1. The average Bonchev–Trinajstić information content (AvgIpc) is 2.72. The Hall–Kier alpha value is -2.09. The van der Waals surface area contributed by atoms with Crippen LogP contribution in [0.5, 0.6) is 0 Å². The number of hydrogen-bond donors (Lipinski definition) is 0. The molecule has 0 amide bonds. The van der Waals surface area contributed by atoms with Crippen molar-refractivity contribution in [2.75, 3.05) is 0 Å². The molecule has 0 aliphatic carbocycles. The van der Waals surface area contributed by atoms with Crippen molar-refractivity contribution < 1.29 is 9.53 Å². The van der Waals surface area contributed by atoms with Gasteiger partial charge in [0.05, 0.1) is 5.92 Å². The molecule has 2 rings (SSSR count). The van der Waals surface area contributed by atoms with Crippen LogP contribution >= 0.6 is 0 Å². The zero-order valence-corrected chi connectivity index (χ0v) is 18.0. The van der Waals surface area contributed by atoms with Gasteiger partial charge in [0.25, 0.3) is 0 Å². The number of benzene rings is 2. The smallest absolute Gasteiger partial charge is 0.309 e. The van der Waals surface area contributed by atoms with Crippen molar-refractivity contribution in [1.82, 2.24) is 0 Å². The first-order valence-corrected chi connectivity index (χ1v) is 10.9. The summed E-state index contributed by atoms with van der Waals surface area (Å²) in [5.74, 6) is -0.139. The molecule has 0 fully saturated rings. The molecule has 0 bridgehead atoms. The molecule has 2 aromatic carbocycles. The number of unbranched alkanes of at least 4 members (excludes halogenated alkanes) is 3. The maximum absolute atomic E-state index is 12.1. The Kier molecular flexibility index (Phi) is 9.27. The molecule has 2 aromatic rings. The first-order chi connectivity index (χ1) is 13.5. The van der Waals surface area contributed by atoms with Crippen LogP contribution in [0.4, 0.5) is 0 Å². The largest absolute Gasteiger partial charge is 0.458 e. The third kappa shape index (κ3) is 6.82. The van der Waals surface area contributed by atoms with E-state index in [0.717, 1.165) is 18.4 Å². The van der Waals surface area contributed by atoms with Gasteiger partial charge in [0.15, 0.2) is 0 Å². The molecule has 0 radical (unpaired) electrons. The summed E-state index contributed by atoms with van der Waals surface area (Å²) in [6.45, 7) is 8.22. The Morgan fingerprint density at radius 3 is 2.00 bits per heavy atom. The minimum atomic E-state index is -0.216. The van der Waals surface area contributed by atoms with Crippen LogP contribution in [0.2, 0.25) is 0 Å². The van der Waals surface area contributed by atoms with Gasteiger partial charge < -0.3 is 4.74 Å². The van der Waals surface area contributed by atoms with Gasteiger partial charge >= 0.3 is 5.97 Å². The molecule has 0 aliphatic heterocycles. The third-order valence-electron chi connectivity index (χ3n) is 5.40. The van der Waals surface area contributed by atoms with Gasteiger partial charge in [-0.25, -0.2) is 0 Å². The number of hydrogen-bond acceptors (Lipinski definition) is 2. The van der Waals surface area contributed by atoms with Gasteiger partial charge in [-0.05, 0) is 48.4 Å². The summed E-state index contributed by atoms with van der Waals surface area (Å²) in [5, 5.41) is 0. The van der Waals surface area contributed by atoms with Gasteiger partial charge in [0, 0.05) is 0 Å². The topological polar surface area (TPSA) is 26.3 Å².